The number of halogens is 1. The molecule has 0 atom stereocenters. The van der Waals surface area contributed by atoms with Gasteiger partial charge >= 0.3 is 0 Å². The Morgan fingerprint density at radius 2 is 1.78 bits per heavy atom. The van der Waals surface area contributed by atoms with Crippen LogP contribution in [0.15, 0.2) is 30.3 Å². The van der Waals surface area contributed by atoms with Gasteiger partial charge in [-0.25, -0.2) is 9.37 Å². The molecule has 3 aromatic rings. The molecule has 0 spiro atoms. The van der Waals surface area contributed by atoms with Crippen LogP contribution in [0, 0.1) is 12.7 Å². The van der Waals surface area contributed by atoms with E-state index in [-0.39, 0.29) is 5.82 Å². The van der Waals surface area contributed by atoms with Crippen LogP contribution in [0.5, 0.6) is 11.5 Å². The Morgan fingerprint density at radius 3 is 2.44 bits per heavy atom. The largest absolute Gasteiger partial charge is 0.493 e. The van der Waals surface area contributed by atoms with E-state index in [4.69, 9.17) is 19.4 Å². The summed E-state index contributed by atoms with van der Waals surface area (Å²) in [5.41, 5.74) is 1.93. The predicted molar refractivity (Wildman–Crippen MR) is 126 cm³/mol. The number of benzene rings is 2. The van der Waals surface area contributed by atoms with Crippen LogP contribution in [-0.4, -0.2) is 49.9 Å². The summed E-state index contributed by atoms with van der Waals surface area (Å²) in [5, 5.41) is 7.43. The number of fused-ring (bicyclic) bond motifs is 1. The van der Waals surface area contributed by atoms with E-state index in [0.29, 0.717) is 40.5 Å². The molecule has 7 nitrogen and oxygen atoms in total. The molecule has 1 aliphatic rings. The number of aromatic nitrogens is 2. The monoisotopic (exact) mass is 439 g/mol. The van der Waals surface area contributed by atoms with E-state index in [0.717, 1.165) is 43.4 Å². The maximum Gasteiger partial charge on any atom is 0.227 e. The summed E-state index contributed by atoms with van der Waals surface area (Å²) in [6, 6.07) is 9.26. The highest BCUT2D eigenvalue weighted by Crippen LogP contribution is 2.36. The zero-order chi connectivity index (χ0) is 22.7. The SMILES string of the molecule is CCNC1CCN(c2nc(Nc3ccc(C)cc3F)c3cc(OC)c(OC)cc3n2)CC1. The minimum atomic E-state index is -0.328. The summed E-state index contributed by atoms with van der Waals surface area (Å²) in [4.78, 5) is 11.8. The van der Waals surface area contributed by atoms with Gasteiger partial charge in [0.1, 0.15) is 11.6 Å². The second kappa shape index (κ2) is 9.56. The third-order valence-corrected chi connectivity index (χ3v) is 5.84. The van der Waals surface area contributed by atoms with Gasteiger partial charge in [0.15, 0.2) is 11.5 Å². The number of nitrogens with zero attached hydrogens (tertiary/aromatic N) is 3. The fourth-order valence-corrected chi connectivity index (χ4v) is 4.10. The molecule has 0 amide bonds. The van der Waals surface area contributed by atoms with Gasteiger partial charge in [0, 0.05) is 30.6 Å². The maximum atomic E-state index is 14.6. The van der Waals surface area contributed by atoms with Crippen molar-refractivity contribution in [3.8, 4) is 11.5 Å². The van der Waals surface area contributed by atoms with Crippen LogP contribution in [0.3, 0.4) is 0 Å². The first-order valence-electron chi connectivity index (χ1n) is 11.0. The van der Waals surface area contributed by atoms with E-state index in [9.17, 15) is 4.39 Å². The highest BCUT2D eigenvalue weighted by Gasteiger charge is 2.22. The van der Waals surface area contributed by atoms with Crippen molar-refractivity contribution in [3.63, 3.8) is 0 Å². The van der Waals surface area contributed by atoms with E-state index >= 15 is 0 Å². The molecule has 0 radical (unpaired) electrons. The van der Waals surface area contributed by atoms with Crippen LogP contribution in [0.4, 0.5) is 21.8 Å². The predicted octanol–water partition coefficient (Wildman–Crippen LogP) is 4.42. The Hall–Kier alpha value is -3.13. The normalized spacial score (nSPS) is 14.6. The molecule has 0 aliphatic carbocycles. The summed E-state index contributed by atoms with van der Waals surface area (Å²) in [6.45, 7) is 6.67. The average molecular weight is 440 g/mol. The van der Waals surface area contributed by atoms with Crippen LogP contribution >= 0.6 is 0 Å². The summed E-state index contributed by atoms with van der Waals surface area (Å²) in [5.74, 6) is 1.97. The van der Waals surface area contributed by atoms with Gasteiger partial charge in [-0.2, -0.15) is 4.98 Å². The summed E-state index contributed by atoms with van der Waals surface area (Å²) in [7, 11) is 3.18. The van der Waals surface area contributed by atoms with Crippen molar-refractivity contribution >= 4 is 28.4 Å². The third kappa shape index (κ3) is 4.55. The van der Waals surface area contributed by atoms with E-state index in [1.54, 1.807) is 20.3 Å². The number of methoxy groups -OCH3 is 2. The topological polar surface area (TPSA) is 71.5 Å². The van der Waals surface area contributed by atoms with Gasteiger partial charge in [0.25, 0.3) is 0 Å². The Morgan fingerprint density at radius 1 is 1.06 bits per heavy atom. The molecule has 4 rings (SSSR count). The highest BCUT2D eigenvalue weighted by atomic mass is 19.1. The lowest BCUT2D eigenvalue weighted by atomic mass is 10.1. The smallest absolute Gasteiger partial charge is 0.227 e. The number of hydrogen-bond donors (Lipinski definition) is 2. The van der Waals surface area contributed by atoms with Crippen molar-refractivity contribution in [2.24, 2.45) is 0 Å². The third-order valence-electron chi connectivity index (χ3n) is 5.84. The molecule has 1 aromatic heterocycles. The van der Waals surface area contributed by atoms with Crippen molar-refractivity contribution in [1.82, 2.24) is 15.3 Å². The average Bonchev–Trinajstić information content (AvgIpc) is 2.80. The molecule has 170 valence electrons. The molecule has 0 saturated carbocycles. The minimum absolute atomic E-state index is 0.328. The first-order valence-corrected chi connectivity index (χ1v) is 11.0. The summed E-state index contributed by atoms with van der Waals surface area (Å²) in [6.07, 6.45) is 2.05. The fourth-order valence-electron chi connectivity index (χ4n) is 4.10. The van der Waals surface area contributed by atoms with Crippen LogP contribution in [0.1, 0.15) is 25.3 Å². The van der Waals surface area contributed by atoms with Gasteiger partial charge in [0.05, 0.1) is 25.4 Å². The number of aryl methyl sites for hydroxylation is 1. The summed E-state index contributed by atoms with van der Waals surface area (Å²) >= 11 is 0. The summed E-state index contributed by atoms with van der Waals surface area (Å²) < 4.78 is 25.5. The van der Waals surface area contributed by atoms with E-state index in [1.165, 1.54) is 6.07 Å². The lowest BCUT2D eigenvalue weighted by Gasteiger charge is -2.32. The Labute approximate surface area is 188 Å². The number of anilines is 3. The minimum Gasteiger partial charge on any atom is -0.493 e. The highest BCUT2D eigenvalue weighted by molar-refractivity contribution is 5.94. The Kier molecular flexibility index (Phi) is 6.60. The molecule has 32 heavy (non-hydrogen) atoms. The quantitative estimate of drug-likeness (QED) is 0.565. The van der Waals surface area contributed by atoms with Gasteiger partial charge < -0.3 is 25.0 Å². The van der Waals surface area contributed by atoms with Crippen molar-refractivity contribution in [1.29, 1.82) is 0 Å². The van der Waals surface area contributed by atoms with Gasteiger partial charge in [-0.1, -0.05) is 13.0 Å². The van der Waals surface area contributed by atoms with Crippen LogP contribution in [0.25, 0.3) is 10.9 Å². The number of ether oxygens (including phenoxy) is 2. The second-order valence-corrected chi connectivity index (χ2v) is 8.02. The zero-order valence-electron chi connectivity index (χ0n) is 19.0. The van der Waals surface area contributed by atoms with Gasteiger partial charge in [-0.3, -0.25) is 0 Å². The van der Waals surface area contributed by atoms with E-state index in [2.05, 4.69) is 22.5 Å². The molecular weight excluding hydrogens is 409 g/mol. The standard InChI is InChI=1S/C24H30FN5O2/c1-5-26-16-8-10-30(11-9-16)24-28-20-14-22(32-4)21(31-3)13-17(20)23(29-24)27-19-7-6-15(2)12-18(19)25/h6-7,12-14,16,26H,5,8-11H2,1-4H3,(H,27,28,29). The molecule has 2 aromatic carbocycles. The van der Waals surface area contributed by atoms with Gasteiger partial charge in [-0.05, 0) is 50.1 Å². The molecule has 2 N–H and O–H groups in total. The number of nitrogens with one attached hydrogen (secondary N) is 2. The van der Waals surface area contributed by atoms with E-state index < -0.39 is 0 Å². The Bertz CT molecular complexity index is 1100. The molecule has 0 bridgehead atoms. The van der Waals surface area contributed by atoms with Gasteiger partial charge in [0.2, 0.25) is 5.95 Å². The maximum absolute atomic E-state index is 14.6. The van der Waals surface area contributed by atoms with E-state index in [1.807, 2.05) is 25.1 Å². The van der Waals surface area contributed by atoms with Gasteiger partial charge in [-0.15, -0.1) is 0 Å². The fraction of sp³-hybridized carbons (Fsp3) is 0.417. The molecule has 1 saturated heterocycles. The second-order valence-electron chi connectivity index (χ2n) is 8.02. The molecule has 1 fully saturated rings. The molecule has 0 unspecified atom stereocenters. The molecule has 2 heterocycles. The molecule has 8 heteroatoms. The zero-order valence-corrected chi connectivity index (χ0v) is 19.0. The number of piperidine rings is 1. The van der Waals surface area contributed by atoms with Crippen molar-refractivity contribution < 1.29 is 13.9 Å². The van der Waals surface area contributed by atoms with Crippen molar-refractivity contribution in [2.75, 3.05) is 44.1 Å². The van der Waals surface area contributed by atoms with Crippen molar-refractivity contribution in [2.45, 2.75) is 32.7 Å². The first-order chi connectivity index (χ1) is 15.5. The molecule has 1 aliphatic heterocycles. The lowest BCUT2D eigenvalue weighted by molar-refractivity contribution is 0.356. The Balaban J connectivity index is 1.76. The lowest BCUT2D eigenvalue weighted by Crippen LogP contribution is -2.43. The van der Waals surface area contributed by atoms with Crippen LogP contribution in [-0.2, 0) is 0 Å². The molecular formula is C24H30FN5O2. The first kappa shape index (κ1) is 22.1. The number of rotatable bonds is 7. The van der Waals surface area contributed by atoms with Crippen molar-refractivity contribution in [3.05, 3.63) is 41.7 Å². The van der Waals surface area contributed by atoms with Crippen LogP contribution in [0.2, 0.25) is 0 Å². The number of hydrogen-bond acceptors (Lipinski definition) is 7. The van der Waals surface area contributed by atoms with Crippen LogP contribution < -0.4 is 25.0 Å².